The van der Waals surface area contributed by atoms with Gasteiger partial charge in [0.25, 0.3) is 0 Å². The molecule has 1 aromatic rings. The molecule has 0 aromatic carbocycles. The Balaban J connectivity index is 1.95. The number of pyridine rings is 1. The summed E-state index contributed by atoms with van der Waals surface area (Å²) < 4.78 is 2.00. The minimum Gasteiger partial charge on any atom is -0.352 e. The molecular weight excluding hydrogens is 188 g/mol. The summed E-state index contributed by atoms with van der Waals surface area (Å²) in [5.74, 6) is 0.671. The van der Waals surface area contributed by atoms with Gasteiger partial charge in [0, 0.05) is 37.1 Å². The Morgan fingerprint density at radius 2 is 1.93 bits per heavy atom. The van der Waals surface area contributed by atoms with Gasteiger partial charge in [-0.25, -0.2) is 0 Å². The van der Waals surface area contributed by atoms with Crippen molar-refractivity contribution in [1.29, 1.82) is 0 Å². The van der Waals surface area contributed by atoms with Crippen molar-refractivity contribution in [3.63, 3.8) is 0 Å². The molecule has 2 N–H and O–H groups in total. The van der Waals surface area contributed by atoms with Crippen LogP contribution in [0.15, 0.2) is 29.3 Å². The lowest BCUT2D eigenvalue weighted by molar-refractivity contribution is 0.386. The van der Waals surface area contributed by atoms with Gasteiger partial charge in [0.2, 0.25) is 0 Å². The highest BCUT2D eigenvalue weighted by Crippen LogP contribution is 2.27. The first-order chi connectivity index (χ1) is 7.25. The molecule has 1 aromatic heterocycles. The van der Waals surface area contributed by atoms with Crippen LogP contribution in [-0.4, -0.2) is 10.6 Å². The van der Waals surface area contributed by atoms with Crippen LogP contribution in [0.3, 0.4) is 0 Å². The zero-order valence-corrected chi connectivity index (χ0v) is 8.93. The third kappa shape index (κ3) is 2.69. The molecule has 82 valence electrons. The Kier molecular flexibility index (Phi) is 3.21. The fraction of sp³-hybridized carbons (Fsp3) is 0.583. The lowest BCUT2D eigenvalue weighted by atomic mass is 9.99. The summed E-state index contributed by atoms with van der Waals surface area (Å²) in [6.45, 7) is 0.824. The predicted molar refractivity (Wildman–Crippen MR) is 60.6 cm³/mol. The van der Waals surface area contributed by atoms with Gasteiger partial charge in [-0.3, -0.25) is 4.79 Å². The maximum absolute atomic E-state index is 10.9. The topological polar surface area (TPSA) is 48.0 Å². The fourth-order valence-electron chi connectivity index (χ4n) is 2.34. The van der Waals surface area contributed by atoms with Crippen molar-refractivity contribution in [1.82, 2.24) is 4.57 Å². The van der Waals surface area contributed by atoms with Crippen LogP contribution in [0.4, 0.5) is 0 Å². The van der Waals surface area contributed by atoms with E-state index >= 15 is 0 Å². The molecule has 0 saturated heterocycles. The highest BCUT2D eigenvalue weighted by molar-refractivity contribution is 4.94. The summed E-state index contributed by atoms with van der Waals surface area (Å²) >= 11 is 0. The maximum atomic E-state index is 10.9. The summed E-state index contributed by atoms with van der Waals surface area (Å²) in [5.41, 5.74) is 6.21. The van der Waals surface area contributed by atoms with Crippen LogP contribution in [0, 0.1) is 5.92 Å². The maximum Gasteiger partial charge on any atom is 0.181 e. The van der Waals surface area contributed by atoms with Crippen LogP contribution in [0.1, 0.15) is 25.7 Å². The third-order valence-electron chi connectivity index (χ3n) is 3.29. The van der Waals surface area contributed by atoms with Gasteiger partial charge in [0.1, 0.15) is 0 Å². The van der Waals surface area contributed by atoms with Gasteiger partial charge in [-0.2, -0.15) is 0 Å². The van der Waals surface area contributed by atoms with E-state index < -0.39 is 0 Å². The number of hydrogen-bond acceptors (Lipinski definition) is 2. The van der Waals surface area contributed by atoms with Crippen molar-refractivity contribution in [2.24, 2.45) is 11.7 Å². The molecule has 0 amide bonds. The van der Waals surface area contributed by atoms with E-state index in [1.54, 1.807) is 12.1 Å². The van der Waals surface area contributed by atoms with Crippen LogP contribution < -0.4 is 11.2 Å². The molecule has 1 aliphatic rings. The van der Waals surface area contributed by atoms with Crippen LogP contribution in [0.5, 0.6) is 0 Å². The van der Waals surface area contributed by atoms with Crippen LogP contribution in [-0.2, 0) is 6.54 Å². The monoisotopic (exact) mass is 206 g/mol. The van der Waals surface area contributed by atoms with E-state index in [4.69, 9.17) is 5.73 Å². The fourth-order valence-corrected chi connectivity index (χ4v) is 2.34. The van der Waals surface area contributed by atoms with E-state index in [2.05, 4.69) is 0 Å². The van der Waals surface area contributed by atoms with Crippen LogP contribution >= 0.6 is 0 Å². The van der Waals surface area contributed by atoms with Crippen molar-refractivity contribution in [3.8, 4) is 0 Å². The molecular formula is C12H18N2O. The van der Waals surface area contributed by atoms with E-state index in [9.17, 15) is 4.79 Å². The second-order valence-corrected chi connectivity index (χ2v) is 4.44. The van der Waals surface area contributed by atoms with Gasteiger partial charge in [-0.15, -0.1) is 0 Å². The first-order valence-corrected chi connectivity index (χ1v) is 5.67. The molecule has 1 heterocycles. The SMILES string of the molecule is NC(Cn1ccc(=O)cc1)C1CCCC1. The second kappa shape index (κ2) is 4.62. The first-order valence-electron chi connectivity index (χ1n) is 5.67. The van der Waals surface area contributed by atoms with Gasteiger partial charge < -0.3 is 10.3 Å². The van der Waals surface area contributed by atoms with Crippen molar-refractivity contribution >= 4 is 0 Å². The zero-order valence-electron chi connectivity index (χ0n) is 8.93. The van der Waals surface area contributed by atoms with Crippen LogP contribution in [0.2, 0.25) is 0 Å². The minimum atomic E-state index is 0.0562. The molecule has 1 aliphatic carbocycles. The zero-order chi connectivity index (χ0) is 10.7. The van der Waals surface area contributed by atoms with E-state index in [1.165, 1.54) is 25.7 Å². The van der Waals surface area contributed by atoms with E-state index in [-0.39, 0.29) is 11.5 Å². The smallest absolute Gasteiger partial charge is 0.181 e. The first kappa shape index (κ1) is 10.4. The number of aromatic nitrogens is 1. The average Bonchev–Trinajstić information content (AvgIpc) is 2.74. The summed E-state index contributed by atoms with van der Waals surface area (Å²) in [7, 11) is 0. The van der Waals surface area contributed by atoms with Crippen molar-refractivity contribution < 1.29 is 0 Å². The van der Waals surface area contributed by atoms with E-state index in [0.717, 1.165) is 6.54 Å². The van der Waals surface area contributed by atoms with Gasteiger partial charge >= 0.3 is 0 Å². The summed E-state index contributed by atoms with van der Waals surface area (Å²) in [5, 5.41) is 0. The van der Waals surface area contributed by atoms with Gasteiger partial charge in [0.15, 0.2) is 5.43 Å². The number of rotatable bonds is 3. The Labute approximate surface area is 89.9 Å². The van der Waals surface area contributed by atoms with Crippen molar-refractivity contribution in [2.45, 2.75) is 38.3 Å². The highest BCUT2D eigenvalue weighted by atomic mass is 16.1. The van der Waals surface area contributed by atoms with E-state index in [1.807, 2.05) is 17.0 Å². The molecule has 1 unspecified atom stereocenters. The molecule has 0 aliphatic heterocycles. The Morgan fingerprint density at radius 3 is 2.53 bits per heavy atom. The number of nitrogens with two attached hydrogens (primary N) is 1. The second-order valence-electron chi connectivity index (χ2n) is 4.44. The van der Waals surface area contributed by atoms with Crippen LogP contribution in [0.25, 0.3) is 0 Å². The molecule has 0 bridgehead atoms. The molecule has 3 heteroatoms. The van der Waals surface area contributed by atoms with Gasteiger partial charge in [0.05, 0.1) is 0 Å². The lowest BCUT2D eigenvalue weighted by Gasteiger charge is -2.19. The normalized spacial score (nSPS) is 19.3. The van der Waals surface area contributed by atoms with Crippen molar-refractivity contribution in [2.75, 3.05) is 0 Å². The molecule has 1 saturated carbocycles. The third-order valence-corrected chi connectivity index (χ3v) is 3.29. The molecule has 0 spiro atoms. The Bertz CT molecular complexity index is 346. The predicted octanol–water partition coefficient (Wildman–Crippen LogP) is 1.37. The molecule has 2 rings (SSSR count). The Morgan fingerprint density at radius 1 is 1.33 bits per heavy atom. The molecule has 15 heavy (non-hydrogen) atoms. The summed E-state index contributed by atoms with van der Waals surface area (Å²) in [4.78, 5) is 10.9. The molecule has 3 nitrogen and oxygen atoms in total. The molecule has 1 atom stereocenters. The van der Waals surface area contributed by atoms with Gasteiger partial charge in [-0.05, 0) is 18.8 Å². The van der Waals surface area contributed by atoms with Gasteiger partial charge in [-0.1, -0.05) is 12.8 Å². The lowest BCUT2D eigenvalue weighted by Crippen LogP contribution is -2.33. The standard InChI is InChI=1S/C12H18N2O/c13-12(10-3-1-2-4-10)9-14-7-5-11(15)6-8-14/h5-8,10,12H,1-4,9,13H2. The summed E-state index contributed by atoms with van der Waals surface area (Å²) in [6, 6.07) is 3.40. The molecule has 0 radical (unpaired) electrons. The summed E-state index contributed by atoms with van der Waals surface area (Å²) in [6.07, 6.45) is 8.81. The highest BCUT2D eigenvalue weighted by Gasteiger charge is 2.21. The molecule has 1 fully saturated rings. The largest absolute Gasteiger partial charge is 0.352 e. The number of nitrogens with zero attached hydrogens (tertiary/aromatic N) is 1. The van der Waals surface area contributed by atoms with Crippen molar-refractivity contribution in [3.05, 3.63) is 34.7 Å². The van der Waals surface area contributed by atoms with E-state index in [0.29, 0.717) is 5.92 Å². The Hall–Kier alpha value is -1.09. The quantitative estimate of drug-likeness (QED) is 0.812. The average molecular weight is 206 g/mol. The minimum absolute atomic E-state index is 0.0562. The number of hydrogen-bond donors (Lipinski definition) is 1.